The lowest BCUT2D eigenvalue weighted by atomic mass is 9.95. The number of amides is 2. The van der Waals surface area contributed by atoms with Gasteiger partial charge in [-0.15, -0.1) is 0 Å². The van der Waals surface area contributed by atoms with Crippen molar-refractivity contribution in [1.82, 2.24) is 5.32 Å². The van der Waals surface area contributed by atoms with Crippen LogP contribution in [0.5, 0.6) is 0 Å². The summed E-state index contributed by atoms with van der Waals surface area (Å²) < 4.78 is 15.8. The number of nitro groups is 1. The molecule has 0 aromatic heterocycles. The van der Waals surface area contributed by atoms with Gasteiger partial charge in [0.15, 0.2) is 0 Å². The Balaban J connectivity index is 1.34. The van der Waals surface area contributed by atoms with Crippen molar-refractivity contribution in [3.63, 3.8) is 0 Å². The number of primary amides is 1. The number of anilines is 1. The molecule has 208 valence electrons. The highest BCUT2D eigenvalue weighted by molar-refractivity contribution is 6.00. The maximum Gasteiger partial charge on any atom is 0.269 e. The molecule has 1 aliphatic heterocycles. The number of benzene rings is 4. The minimum absolute atomic E-state index is 0.00592. The van der Waals surface area contributed by atoms with Crippen molar-refractivity contribution in [3.05, 3.63) is 129 Å². The van der Waals surface area contributed by atoms with E-state index in [0.717, 1.165) is 36.2 Å². The highest BCUT2D eigenvalue weighted by Crippen LogP contribution is 2.33. The molecule has 8 nitrogen and oxygen atoms in total. The molecule has 0 saturated heterocycles. The first kappa shape index (κ1) is 27.5. The molecule has 9 heteroatoms. The maximum atomic E-state index is 15.8. The smallest absolute Gasteiger partial charge is 0.269 e. The van der Waals surface area contributed by atoms with Gasteiger partial charge in [-0.25, -0.2) is 4.39 Å². The molecule has 0 aliphatic carbocycles. The van der Waals surface area contributed by atoms with Crippen LogP contribution in [0, 0.1) is 15.9 Å². The molecule has 2 amide bonds. The van der Waals surface area contributed by atoms with Crippen LogP contribution in [0.25, 0.3) is 11.1 Å². The number of carbonyl (C=O) groups excluding carboxylic acids is 2. The Bertz CT molecular complexity index is 1640. The molecule has 0 spiro atoms. The highest BCUT2D eigenvalue weighted by atomic mass is 19.1. The number of aryl methyl sites for hydroxylation is 1. The van der Waals surface area contributed by atoms with Gasteiger partial charge in [-0.1, -0.05) is 48.5 Å². The van der Waals surface area contributed by atoms with Crippen LogP contribution in [0.3, 0.4) is 0 Å². The van der Waals surface area contributed by atoms with E-state index in [0.29, 0.717) is 28.8 Å². The molecule has 4 aromatic carbocycles. The van der Waals surface area contributed by atoms with Gasteiger partial charge in [0, 0.05) is 53.2 Å². The molecule has 1 heterocycles. The van der Waals surface area contributed by atoms with E-state index in [2.05, 4.69) is 10.2 Å². The van der Waals surface area contributed by atoms with E-state index in [1.165, 1.54) is 12.1 Å². The Hall–Kier alpha value is -5.05. The number of rotatable bonds is 8. The van der Waals surface area contributed by atoms with Gasteiger partial charge in [0.1, 0.15) is 5.82 Å². The quantitative estimate of drug-likeness (QED) is 0.207. The third-order valence-corrected chi connectivity index (χ3v) is 7.43. The van der Waals surface area contributed by atoms with E-state index in [1.807, 2.05) is 19.1 Å². The molecular formula is C32H29FN4O4. The van der Waals surface area contributed by atoms with Gasteiger partial charge in [-0.3, -0.25) is 19.7 Å². The van der Waals surface area contributed by atoms with Crippen LogP contribution in [0.2, 0.25) is 0 Å². The number of nitrogens with zero attached hydrogens (tertiary/aromatic N) is 2. The van der Waals surface area contributed by atoms with Gasteiger partial charge in [0.25, 0.3) is 11.6 Å². The molecule has 5 rings (SSSR count). The number of hydrogen-bond acceptors (Lipinski definition) is 5. The largest absolute Gasteiger partial charge is 0.367 e. The molecular weight excluding hydrogens is 523 g/mol. The summed E-state index contributed by atoms with van der Waals surface area (Å²) in [6, 6.07) is 23.2. The molecule has 41 heavy (non-hydrogen) atoms. The second kappa shape index (κ2) is 11.6. The molecule has 0 bridgehead atoms. The number of nitrogens with one attached hydrogen (secondary N) is 1. The van der Waals surface area contributed by atoms with E-state index >= 15 is 4.39 Å². The minimum Gasteiger partial charge on any atom is -0.367 e. The molecule has 1 atom stereocenters. The third kappa shape index (κ3) is 5.79. The predicted octanol–water partition coefficient (Wildman–Crippen LogP) is 5.94. The zero-order valence-corrected chi connectivity index (χ0v) is 22.5. The van der Waals surface area contributed by atoms with Gasteiger partial charge < -0.3 is 16.0 Å². The minimum atomic E-state index is -0.614. The van der Waals surface area contributed by atoms with E-state index in [1.54, 1.807) is 60.7 Å². The zero-order valence-electron chi connectivity index (χ0n) is 22.5. The van der Waals surface area contributed by atoms with E-state index in [9.17, 15) is 19.7 Å². The van der Waals surface area contributed by atoms with Crippen LogP contribution >= 0.6 is 0 Å². The molecule has 3 N–H and O–H groups in total. The topological polar surface area (TPSA) is 119 Å². The molecule has 0 radical (unpaired) electrons. The van der Waals surface area contributed by atoms with Gasteiger partial charge in [0.05, 0.1) is 11.0 Å². The summed E-state index contributed by atoms with van der Waals surface area (Å²) in [5.41, 5.74) is 10.3. The van der Waals surface area contributed by atoms with Gasteiger partial charge in [0.2, 0.25) is 5.91 Å². The van der Waals surface area contributed by atoms with E-state index in [-0.39, 0.29) is 23.2 Å². The van der Waals surface area contributed by atoms with Crippen LogP contribution in [0.4, 0.5) is 15.8 Å². The van der Waals surface area contributed by atoms with Crippen molar-refractivity contribution in [2.24, 2.45) is 5.73 Å². The maximum absolute atomic E-state index is 15.8. The predicted molar refractivity (Wildman–Crippen MR) is 155 cm³/mol. The summed E-state index contributed by atoms with van der Waals surface area (Å²) in [5, 5.41) is 13.9. The van der Waals surface area contributed by atoms with E-state index < -0.39 is 16.6 Å². The second-order valence-corrected chi connectivity index (χ2v) is 10.1. The van der Waals surface area contributed by atoms with Crippen LogP contribution in [-0.2, 0) is 13.0 Å². The van der Waals surface area contributed by atoms with Crippen molar-refractivity contribution in [3.8, 4) is 11.1 Å². The number of halogens is 1. The fraction of sp³-hybridized carbons (Fsp3) is 0.188. The van der Waals surface area contributed by atoms with E-state index in [4.69, 9.17) is 5.73 Å². The highest BCUT2D eigenvalue weighted by Gasteiger charge is 2.22. The van der Waals surface area contributed by atoms with Crippen molar-refractivity contribution < 1.29 is 18.9 Å². The summed E-state index contributed by atoms with van der Waals surface area (Å²) in [6.07, 6.45) is 1.64. The molecule has 1 unspecified atom stereocenters. The van der Waals surface area contributed by atoms with Crippen molar-refractivity contribution >= 4 is 23.2 Å². The lowest BCUT2D eigenvalue weighted by Crippen LogP contribution is -2.30. The van der Waals surface area contributed by atoms with Gasteiger partial charge in [-0.05, 0) is 60.7 Å². The van der Waals surface area contributed by atoms with Crippen LogP contribution in [-0.4, -0.2) is 23.3 Å². The van der Waals surface area contributed by atoms with Crippen molar-refractivity contribution in [1.29, 1.82) is 0 Å². The standard InChI is InChI=1S/C32H29FN4O4/c1-20(21-11-14-25(15-12-21)37(40)41)35-32(39)23-13-16-29-22(18-23)7-5-17-36(29)19-24-6-4-10-27(30(24)33)26-8-2-3-9-28(26)31(34)38/h2-4,6,8-16,18,20H,5,7,17,19H2,1H3,(H2,34,38)(H,35,39). The number of non-ortho nitro benzene ring substituents is 1. The number of hydrogen-bond donors (Lipinski definition) is 2. The monoisotopic (exact) mass is 552 g/mol. The Morgan fingerprint density at radius 3 is 2.49 bits per heavy atom. The summed E-state index contributed by atoms with van der Waals surface area (Å²) >= 11 is 0. The number of nitrogens with two attached hydrogens (primary N) is 1. The normalized spacial score (nSPS) is 13.3. The molecule has 0 saturated carbocycles. The fourth-order valence-electron chi connectivity index (χ4n) is 5.28. The summed E-state index contributed by atoms with van der Waals surface area (Å²) in [7, 11) is 0. The summed E-state index contributed by atoms with van der Waals surface area (Å²) in [6.45, 7) is 2.88. The SMILES string of the molecule is CC(NC(=O)c1ccc2c(c1)CCCN2Cc1cccc(-c2ccccc2C(N)=O)c1F)c1ccc([N+](=O)[O-])cc1. The third-order valence-electron chi connectivity index (χ3n) is 7.43. The Kier molecular flexibility index (Phi) is 7.78. The first-order valence-electron chi connectivity index (χ1n) is 13.3. The molecule has 1 aliphatic rings. The Morgan fingerprint density at radius 1 is 1.02 bits per heavy atom. The molecule has 4 aromatic rings. The van der Waals surface area contributed by atoms with Crippen LogP contribution in [0.15, 0.2) is 84.9 Å². The average molecular weight is 553 g/mol. The van der Waals surface area contributed by atoms with Gasteiger partial charge >= 0.3 is 0 Å². The number of nitro benzene ring substituents is 1. The van der Waals surface area contributed by atoms with Crippen molar-refractivity contribution in [2.45, 2.75) is 32.4 Å². The average Bonchev–Trinajstić information content (AvgIpc) is 2.98. The van der Waals surface area contributed by atoms with Gasteiger partial charge in [-0.2, -0.15) is 0 Å². The first-order chi connectivity index (χ1) is 19.7. The van der Waals surface area contributed by atoms with Crippen molar-refractivity contribution in [2.75, 3.05) is 11.4 Å². The zero-order chi connectivity index (χ0) is 29.1. The first-order valence-corrected chi connectivity index (χ1v) is 13.3. The molecule has 0 fully saturated rings. The summed E-state index contributed by atoms with van der Waals surface area (Å²) in [4.78, 5) is 37.5. The number of fused-ring (bicyclic) bond motifs is 1. The fourth-order valence-corrected chi connectivity index (χ4v) is 5.28. The number of carbonyl (C=O) groups is 2. The Labute approximate surface area is 236 Å². The lowest BCUT2D eigenvalue weighted by Gasteiger charge is -2.32. The van der Waals surface area contributed by atoms with Crippen LogP contribution < -0.4 is 16.0 Å². The summed E-state index contributed by atoms with van der Waals surface area (Å²) in [5.74, 6) is -1.26. The van der Waals surface area contributed by atoms with Crippen LogP contribution in [0.1, 0.15) is 56.8 Å². The lowest BCUT2D eigenvalue weighted by molar-refractivity contribution is -0.384. The Morgan fingerprint density at radius 2 is 1.76 bits per heavy atom. The second-order valence-electron chi connectivity index (χ2n) is 10.1.